The minimum Gasteiger partial charge on any atom is -0.383 e. The van der Waals surface area contributed by atoms with Gasteiger partial charge in [-0.25, -0.2) is 0 Å². The predicted octanol–water partition coefficient (Wildman–Crippen LogP) is 2.46. The third-order valence-electron chi connectivity index (χ3n) is 2.97. The maximum absolute atomic E-state index is 6.35. The van der Waals surface area contributed by atoms with Gasteiger partial charge in [0.2, 0.25) is 0 Å². The summed E-state index contributed by atoms with van der Waals surface area (Å²) in [4.78, 5) is 2.15. The van der Waals surface area contributed by atoms with Gasteiger partial charge in [0.1, 0.15) is 0 Å². The molecular weight excluding hydrogens is 264 g/mol. The van der Waals surface area contributed by atoms with Crippen molar-refractivity contribution in [3.8, 4) is 0 Å². The van der Waals surface area contributed by atoms with Crippen LogP contribution in [0.1, 0.15) is 18.5 Å². The van der Waals surface area contributed by atoms with E-state index in [2.05, 4.69) is 4.90 Å². The Hall–Kier alpha value is -0.810. The van der Waals surface area contributed by atoms with E-state index in [4.69, 9.17) is 26.8 Å². The number of hydrogen-bond acceptors (Lipinski definition) is 4. The fourth-order valence-electron chi connectivity index (χ4n) is 1.82. The lowest BCUT2D eigenvalue weighted by Crippen LogP contribution is -2.30. The van der Waals surface area contributed by atoms with E-state index in [0.29, 0.717) is 18.2 Å². The molecule has 1 aromatic carbocycles. The summed E-state index contributed by atoms with van der Waals surface area (Å²) in [6, 6.07) is 5.93. The molecule has 1 aromatic rings. The average molecular weight is 287 g/mol. The minimum absolute atomic E-state index is 0.0158. The van der Waals surface area contributed by atoms with Crippen molar-refractivity contribution < 1.29 is 9.47 Å². The number of nitrogens with zero attached hydrogens (tertiary/aromatic N) is 1. The first-order valence-corrected chi connectivity index (χ1v) is 6.75. The summed E-state index contributed by atoms with van der Waals surface area (Å²) < 4.78 is 10.3. The molecule has 0 spiro atoms. The largest absolute Gasteiger partial charge is 0.383 e. The summed E-state index contributed by atoms with van der Waals surface area (Å²) >= 11 is 6.35. The Bertz CT molecular complexity index is 378. The molecule has 0 aromatic heterocycles. The van der Waals surface area contributed by atoms with Crippen LogP contribution in [-0.4, -0.2) is 40.5 Å². The van der Waals surface area contributed by atoms with Crippen molar-refractivity contribution in [2.75, 3.05) is 45.4 Å². The molecule has 0 unspecified atom stereocenters. The zero-order valence-corrected chi connectivity index (χ0v) is 12.6. The van der Waals surface area contributed by atoms with Gasteiger partial charge in [0.15, 0.2) is 0 Å². The highest BCUT2D eigenvalue weighted by Gasteiger charge is 2.11. The number of anilines is 1. The Morgan fingerprint density at radius 1 is 1.21 bits per heavy atom. The van der Waals surface area contributed by atoms with Crippen LogP contribution < -0.4 is 10.6 Å². The van der Waals surface area contributed by atoms with Crippen molar-refractivity contribution >= 4 is 17.3 Å². The molecule has 0 aliphatic heterocycles. The Morgan fingerprint density at radius 2 is 1.79 bits per heavy atom. The topological polar surface area (TPSA) is 47.7 Å². The first-order chi connectivity index (χ1) is 9.10. The highest BCUT2D eigenvalue weighted by atomic mass is 35.5. The second kappa shape index (κ2) is 8.38. The molecule has 0 heterocycles. The van der Waals surface area contributed by atoms with E-state index >= 15 is 0 Å². The van der Waals surface area contributed by atoms with Crippen molar-refractivity contribution in [2.24, 2.45) is 5.73 Å². The molecule has 4 nitrogen and oxygen atoms in total. The van der Waals surface area contributed by atoms with Gasteiger partial charge in [-0.2, -0.15) is 0 Å². The molecule has 1 atom stereocenters. The van der Waals surface area contributed by atoms with Crippen LogP contribution in [-0.2, 0) is 9.47 Å². The van der Waals surface area contributed by atoms with Gasteiger partial charge in [-0.05, 0) is 24.6 Å². The highest BCUT2D eigenvalue weighted by Crippen LogP contribution is 2.28. The maximum Gasteiger partial charge on any atom is 0.0642 e. The molecule has 0 fully saturated rings. The molecular formula is C14H23ClN2O2. The molecule has 5 heteroatoms. The van der Waals surface area contributed by atoms with E-state index < -0.39 is 0 Å². The second-order valence-corrected chi connectivity index (χ2v) is 4.88. The van der Waals surface area contributed by atoms with Crippen LogP contribution >= 0.6 is 11.6 Å². The van der Waals surface area contributed by atoms with Crippen molar-refractivity contribution in [1.82, 2.24) is 0 Å². The Labute approximate surface area is 120 Å². The maximum atomic E-state index is 6.35. The Balaban J connectivity index is 2.87. The zero-order chi connectivity index (χ0) is 14.3. The second-order valence-electron chi connectivity index (χ2n) is 4.47. The molecule has 0 radical (unpaired) electrons. The SMILES string of the molecule is COCCN(CCOC)c1ccc([C@@H](C)N)cc1Cl. The van der Waals surface area contributed by atoms with E-state index in [1.165, 1.54) is 0 Å². The monoisotopic (exact) mass is 286 g/mol. The van der Waals surface area contributed by atoms with Gasteiger partial charge < -0.3 is 20.1 Å². The van der Waals surface area contributed by atoms with E-state index in [1.807, 2.05) is 25.1 Å². The van der Waals surface area contributed by atoms with Gasteiger partial charge in [0, 0.05) is 33.4 Å². The van der Waals surface area contributed by atoms with Crippen LogP contribution in [0, 0.1) is 0 Å². The summed E-state index contributed by atoms with van der Waals surface area (Å²) in [7, 11) is 3.38. The minimum atomic E-state index is -0.0158. The molecule has 0 saturated heterocycles. The molecule has 0 aliphatic carbocycles. The van der Waals surface area contributed by atoms with E-state index in [1.54, 1.807) is 14.2 Å². The first-order valence-electron chi connectivity index (χ1n) is 6.38. The lowest BCUT2D eigenvalue weighted by molar-refractivity contribution is 0.190. The fraction of sp³-hybridized carbons (Fsp3) is 0.571. The van der Waals surface area contributed by atoms with Gasteiger partial charge >= 0.3 is 0 Å². The van der Waals surface area contributed by atoms with Crippen molar-refractivity contribution in [2.45, 2.75) is 13.0 Å². The van der Waals surface area contributed by atoms with Crippen LogP contribution in [0.5, 0.6) is 0 Å². The van der Waals surface area contributed by atoms with Crippen molar-refractivity contribution in [3.05, 3.63) is 28.8 Å². The number of nitrogens with two attached hydrogens (primary N) is 1. The molecule has 0 aliphatic rings. The molecule has 108 valence electrons. The Kier molecular flexibility index (Phi) is 7.16. The van der Waals surface area contributed by atoms with Crippen molar-refractivity contribution in [1.29, 1.82) is 0 Å². The lowest BCUT2D eigenvalue weighted by atomic mass is 10.1. The van der Waals surface area contributed by atoms with Gasteiger partial charge in [-0.1, -0.05) is 17.7 Å². The quantitative estimate of drug-likeness (QED) is 0.797. The first kappa shape index (κ1) is 16.2. The highest BCUT2D eigenvalue weighted by molar-refractivity contribution is 6.33. The molecule has 2 N–H and O–H groups in total. The molecule has 0 saturated carbocycles. The number of rotatable bonds is 8. The smallest absolute Gasteiger partial charge is 0.0642 e. The lowest BCUT2D eigenvalue weighted by Gasteiger charge is -2.25. The number of benzene rings is 1. The van der Waals surface area contributed by atoms with Crippen LogP contribution in [0.3, 0.4) is 0 Å². The zero-order valence-electron chi connectivity index (χ0n) is 11.9. The number of ether oxygens (including phenoxy) is 2. The summed E-state index contributed by atoms with van der Waals surface area (Å²) in [6.45, 7) is 4.79. The van der Waals surface area contributed by atoms with Gasteiger partial charge in [0.25, 0.3) is 0 Å². The van der Waals surface area contributed by atoms with Gasteiger partial charge in [0.05, 0.1) is 23.9 Å². The van der Waals surface area contributed by atoms with Crippen LogP contribution in [0.4, 0.5) is 5.69 Å². The average Bonchev–Trinajstić information content (AvgIpc) is 2.39. The number of halogens is 1. The van der Waals surface area contributed by atoms with Gasteiger partial charge in [-0.3, -0.25) is 0 Å². The predicted molar refractivity (Wildman–Crippen MR) is 80.0 cm³/mol. The third kappa shape index (κ3) is 4.99. The van der Waals surface area contributed by atoms with Crippen LogP contribution in [0.2, 0.25) is 5.02 Å². The Morgan fingerprint density at radius 3 is 2.21 bits per heavy atom. The van der Waals surface area contributed by atoms with Crippen molar-refractivity contribution in [3.63, 3.8) is 0 Å². The number of hydrogen-bond donors (Lipinski definition) is 1. The fourth-order valence-corrected chi connectivity index (χ4v) is 2.13. The molecule has 1 rings (SSSR count). The molecule has 0 bridgehead atoms. The summed E-state index contributed by atoms with van der Waals surface area (Å²) in [5, 5.41) is 0.710. The van der Waals surface area contributed by atoms with Crippen LogP contribution in [0.25, 0.3) is 0 Å². The van der Waals surface area contributed by atoms with E-state index in [-0.39, 0.29) is 6.04 Å². The molecule has 0 amide bonds. The van der Waals surface area contributed by atoms with E-state index in [9.17, 15) is 0 Å². The third-order valence-corrected chi connectivity index (χ3v) is 3.27. The summed E-state index contributed by atoms with van der Waals surface area (Å²) in [5.74, 6) is 0. The standard InChI is InChI=1S/C14H23ClN2O2/c1-11(16)12-4-5-14(13(15)10-12)17(6-8-18-2)7-9-19-3/h4-5,10-11H,6-9,16H2,1-3H3/t11-/m1/s1. The summed E-state index contributed by atoms with van der Waals surface area (Å²) in [6.07, 6.45) is 0. The number of methoxy groups -OCH3 is 2. The summed E-state index contributed by atoms with van der Waals surface area (Å²) in [5.41, 5.74) is 7.88. The van der Waals surface area contributed by atoms with Crippen LogP contribution in [0.15, 0.2) is 18.2 Å². The van der Waals surface area contributed by atoms with E-state index in [0.717, 1.165) is 24.3 Å². The normalized spacial score (nSPS) is 12.5. The van der Waals surface area contributed by atoms with Gasteiger partial charge in [-0.15, -0.1) is 0 Å². The molecule has 19 heavy (non-hydrogen) atoms.